The van der Waals surface area contributed by atoms with Gasteiger partial charge in [0.1, 0.15) is 5.82 Å². The summed E-state index contributed by atoms with van der Waals surface area (Å²) < 4.78 is 36.3. The van der Waals surface area contributed by atoms with E-state index in [1.54, 1.807) is 13.0 Å². The first kappa shape index (κ1) is 14.1. The van der Waals surface area contributed by atoms with Crippen LogP contribution in [0.1, 0.15) is 30.5 Å². The van der Waals surface area contributed by atoms with Crippen molar-refractivity contribution in [1.82, 2.24) is 0 Å². The quantitative estimate of drug-likeness (QED) is 0.879. The summed E-state index contributed by atoms with van der Waals surface area (Å²) in [5.41, 5.74) is 6.96. The predicted octanol–water partition coefficient (Wildman–Crippen LogP) is 1.96. The second kappa shape index (κ2) is 5.60. The molecular formula is C12H18FNO2S. The summed E-state index contributed by atoms with van der Waals surface area (Å²) in [6.07, 6.45) is 0.581. The molecule has 0 bridgehead atoms. The van der Waals surface area contributed by atoms with Crippen LogP contribution in [0, 0.1) is 12.7 Å². The molecule has 0 aliphatic carbocycles. The molecule has 0 amide bonds. The van der Waals surface area contributed by atoms with Crippen LogP contribution >= 0.6 is 0 Å². The molecule has 96 valence electrons. The molecule has 0 spiro atoms. The fourth-order valence-electron chi connectivity index (χ4n) is 1.66. The zero-order chi connectivity index (χ0) is 13.1. The summed E-state index contributed by atoms with van der Waals surface area (Å²) in [5, 5.41) is 0. The average molecular weight is 259 g/mol. The normalized spacial score (nSPS) is 13.6. The Kier molecular flexibility index (Phi) is 4.65. The van der Waals surface area contributed by atoms with Crippen LogP contribution in [0.4, 0.5) is 4.39 Å². The van der Waals surface area contributed by atoms with Crippen LogP contribution in [0.2, 0.25) is 0 Å². The molecule has 2 N–H and O–H groups in total. The van der Waals surface area contributed by atoms with Crippen molar-refractivity contribution in [1.29, 1.82) is 0 Å². The van der Waals surface area contributed by atoms with Crippen LogP contribution in [0.5, 0.6) is 0 Å². The molecule has 1 aromatic carbocycles. The second-order valence-electron chi connectivity index (χ2n) is 4.23. The van der Waals surface area contributed by atoms with E-state index >= 15 is 0 Å². The maximum absolute atomic E-state index is 13.1. The first-order valence-corrected chi connectivity index (χ1v) is 7.40. The van der Waals surface area contributed by atoms with E-state index in [0.717, 1.165) is 0 Å². The van der Waals surface area contributed by atoms with Gasteiger partial charge >= 0.3 is 0 Å². The number of nitrogens with two attached hydrogens (primary N) is 1. The van der Waals surface area contributed by atoms with Crippen molar-refractivity contribution >= 4 is 9.84 Å². The third-order valence-corrected chi connectivity index (χ3v) is 4.46. The summed E-state index contributed by atoms with van der Waals surface area (Å²) in [6.45, 7) is 3.44. The van der Waals surface area contributed by atoms with Crippen molar-refractivity contribution in [2.75, 3.05) is 11.5 Å². The van der Waals surface area contributed by atoms with Crippen LogP contribution in [0.15, 0.2) is 18.2 Å². The molecule has 1 rings (SSSR count). The minimum Gasteiger partial charge on any atom is -0.323 e. The average Bonchev–Trinajstić information content (AvgIpc) is 2.21. The van der Waals surface area contributed by atoms with E-state index < -0.39 is 15.9 Å². The highest BCUT2D eigenvalue weighted by molar-refractivity contribution is 7.91. The smallest absolute Gasteiger partial charge is 0.152 e. The van der Waals surface area contributed by atoms with Gasteiger partial charge in [-0.3, -0.25) is 0 Å². The highest BCUT2D eigenvalue weighted by Crippen LogP contribution is 2.17. The van der Waals surface area contributed by atoms with Gasteiger partial charge in [-0.1, -0.05) is 19.1 Å². The monoisotopic (exact) mass is 259 g/mol. The number of aryl methyl sites for hydroxylation is 1. The van der Waals surface area contributed by atoms with E-state index in [1.165, 1.54) is 12.1 Å². The fourth-order valence-corrected chi connectivity index (χ4v) is 3.19. The van der Waals surface area contributed by atoms with Crippen LogP contribution in [0.3, 0.4) is 0 Å². The van der Waals surface area contributed by atoms with E-state index in [2.05, 4.69) is 0 Å². The van der Waals surface area contributed by atoms with Crippen molar-refractivity contribution < 1.29 is 12.8 Å². The Hall–Kier alpha value is -0.940. The number of halogens is 1. The molecule has 0 radical (unpaired) electrons. The molecule has 1 atom stereocenters. The zero-order valence-electron chi connectivity index (χ0n) is 10.1. The third kappa shape index (κ3) is 4.09. The molecule has 0 aliphatic rings. The highest BCUT2D eigenvalue weighted by atomic mass is 32.2. The van der Waals surface area contributed by atoms with E-state index in [0.29, 0.717) is 17.5 Å². The lowest BCUT2D eigenvalue weighted by Crippen LogP contribution is -2.23. The Labute approximate surface area is 102 Å². The number of hydrogen-bond donors (Lipinski definition) is 1. The standard InChI is InChI=1S/C12H18FNO2S/c1-3-6-17(15,16)8-12(14)10-4-5-11(13)9(2)7-10/h4-5,7,12H,3,6,8,14H2,1-2H3. The van der Waals surface area contributed by atoms with E-state index in [9.17, 15) is 12.8 Å². The number of hydrogen-bond acceptors (Lipinski definition) is 3. The summed E-state index contributed by atoms with van der Waals surface area (Å²) in [5.74, 6) is -0.260. The minimum atomic E-state index is -3.12. The SMILES string of the molecule is CCCS(=O)(=O)CC(N)c1ccc(F)c(C)c1. The molecule has 0 saturated heterocycles. The Balaban J connectivity index is 2.83. The first-order valence-electron chi connectivity index (χ1n) is 5.58. The van der Waals surface area contributed by atoms with Crippen molar-refractivity contribution in [3.8, 4) is 0 Å². The number of rotatable bonds is 5. The van der Waals surface area contributed by atoms with E-state index in [4.69, 9.17) is 5.73 Å². The van der Waals surface area contributed by atoms with Gasteiger partial charge in [0, 0.05) is 11.8 Å². The molecule has 0 fully saturated rings. The highest BCUT2D eigenvalue weighted by Gasteiger charge is 2.17. The lowest BCUT2D eigenvalue weighted by Gasteiger charge is -2.13. The van der Waals surface area contributed by atoms with Gasteiger partial charge in [0.05, 0.1) is 5.75 Å². The summed E-state index contributed by atoms with van der Waals surface area (Å²) in [6, 6.07) is 3.86. The molecule has 17 heavy (non-hydrogen) atoms. The van der Waals surface area contributed by atoms with Gasteiger partial charge in [0.2, 0.25) is 0 Å². The molecule has 5 heteroatoms. The Morgan fingerprint density at radius 1 is 1.41 bits per heavy atom. The van der Waals surface area contributed by atoms with Gasteiger partial charge in [-0.2, -0.15) is 0 Å². The maximum atomic E-state index is 13.1. The largest absolute Gasteiger partial charge is 0.323 e. The van der Waals surface area contributed by atoms with E-state index in [-0.39, 0.29) is 17.3 Å². The molecule has 0 heterocycles. The topological polar surface area (TPSA) is 60.2 Å². The zero-order valence-corrected chi connectivity index (χ0v) is 10.9. The Bertz CT molecular complexity index is 485. The Morgan fingerprint density at radius 3 is 2.59 bits per heavy atom. The van der Waals surface area contributed by atoms with Crippen molar-refractivity contribution in [2.24, 2.45) is 5.73 Å². The van der Waals surface area contributed by atoms with Gasteiger partial charge in [-0.15, -0.1) is 0 Å². The van der Waals surface area contributed by atoms with Gasteiger partial charge < -0.3 is 5.73 Å². The molecule has 1 aromatic rings. The third-order valence-electron chi connectivity index (χ3n) is 2.56. The van der Waals surface area contributed by atoms with Gasteiger partial charge in [0.25, 0.3) is 0 Å². The lowest BCUT2D eigenvalue weighted by molar-refractivity contribution is 0.587. The number of sulfone groups is 1. The Morgan fingerprint density at radius 2 is 2.06 bits per heavy atom. The minimum absolute atomic E-state index is 0.0914. The fraction of sp³-hybridized carbons (Fsp3) is 0.500. The molecular weight excluding hydrogens is 241 g/mol. The summed E-state index contributed by atoms with van der Waals surface area (Å²) in [4.78, 5) is 0. The molecule has 0 saturated carbocycles. The second-order valence-corrected chi connectivity index (χ2v) is 6.46. The summed E-state index contributed by atoms with van der Waals surface area (Å²) in [7, 11) is -3.12. The van der Waals surface area contributed by atoms with Crippen LogP contribution in [-0.2, 0) is 9.84 Å². The maximum Gasteiger partial charge on any atom is 0.152 e. The lowest BCUT2D eigenvalue weighted by atomic mass is 10.1. The van der Waals surface area contributed by atoms with Crippen molar-refractivity contribution in [2.45, 2.75) is 26.3 Å². The molecule has 0 aromatic heterocycles. The van der Waals surface area contributed by atoms with Crippen molar-refractivity contribution in [3.05, 3.63) is 35.1 Å². The molecule has 0 aliphatic heterocycles. The van der Waals surface area contributed by atoms with Crippen molar-refractivity contribution in [3.63, 3.8) is 0 Å². The molecule has 3 nitrogen and oxygen atoms in total. The van der Waals surface area contributed by atoms with Crippen LogP contribution in [-0.4, -0.2) is 19.9 Å². The van der Waals surface area contributed by atoms with E-state index in [1.807, 2.05) is 6.92 Å². The first-order chi connectivity index (χ1) is 7.85. The number of benzene rings is 1. The molecule has 1 unspecified atom stereocenters. The van der Waals surface area contributed by atoms with Crippen LogP contribution in [0.25, 0.3) is 0 Å². The van der Waals surface area contributed by atoms with Crippen LogP contribution < -0.4 is 5.73 Å². The van der Waals surface area contributed by atoms with Gasteiger partial charge in [-0.05, 0) is 30.5 Å². The summed E-state index contributed by atoms with van der Waals surface area (Å²) >= 11 is 0. The van der Waals surface area contributed by atoms with Gasteiger partial charge in [-0.25, -0.2) is 12.8 Å². The van der Waals surface area contributed by atoms with Gasteiger partial charge in [0.15, 0.2) is 9.84 Å². The predicted molar refractivity (Wildman–Crippen MR) is 67.0 cm³/mol.